The van der Waals surface area contributed by atoms with Crippen LogP contribution in [0, 0.1) is 5.82 Å². The molecule has 2 aromatic rings. The van der Waals surface area contributed by atoms with Crippen molar-refractivity contribution in [3.05, 3.63) is 53.2 Å². The lowest BCUT2D eigenvalue weighted by Gasteiger charge is -2.18. The summed E-state index contributed by atoms with van der Waals surface area (Å²) in [5, 5.41) is 0.306. The smallest absolute Gasteiger partial charge is 0.167 e. The highest BCUT2D eigenvalue weighted by Crippen LogP contribution is 2.24. The Morgan fingerprint density at radius 3 is 2.95 bits per heavy atom. The Balaban J connectivity index is 1.58. The number of anilines is 1. The SMILES string of the molecule is Fc1cc(Cl)cnc1N1CC[C@H](OCc2ccncc2)C1. The van der Waals surface area contributed by atoms with Gasteiger partial charge in [0.05, 0.1) is 17.7 Å². The van der Waals surface area contributed by atoms with Crippen LogP contribution in [0.3, 0.4) is 0 Å². The highest BCUT2D eigenvalue weighted by atomic mass is 35.5. The minimum Gasteiger partial charge on any atom is -0.372 e. The van der Waals surface area contributed by atoms with Crippen molar-refractivity contribution in [3.63, 3.8) is 0 Å². The molecule has 1 saturated heterocycles. The second-order valence-corrected chi connectivity index (χ2v) is 5.42. The molecular formula is C15H15ClFN3O. The van der Waals surface area contributed by atoms with E-state index in [1.165, 1.54) is 12.3 Å². The van der Waals surface area contributed by atoms with Gasteiger partial charge < -0.3 is 9.64 Å². The minimum absolute atomic E-state index is 0.0787. The predicted octanol–water partition coefficient (Wildman–Crippen LogP) is 3.06. The fourth-order valence-electron chi connectivity index (χ4n) is 2.39. The van der Waals surface area contributed by atoms with Crippen LogP contribution in [0.1, 0.15) is 12.0 Å². The number of pyridine rings is 2. The second-order valence-electron chi connectivity index (χ2n) is 4.98. The van der Waals surface area contributed by atoms with Gasteiger partial charge in [-0.15, -0.1) is 0 Å². The molecule has 0 amide bonds. The molecule has 2 aromatic heterocycles. The van der Waals surface area contributed by atoms with Gasteiger partial charge in [-0.25, -0.2) is 9.37 Å². The molecule has 0 unspecified atom stereocenters. The summed E-state index contributed by atoms with van der Waals surface area (Å²) in [4.78, 5) is 9.93. The Labute approximate surface area is 127 Å². The van der Waals surface area contributed by atoms with Gasteiger partial charge in [0.25, 0.3) is 0 Å². The number of halogens is 2. The highest BCUT2D eigenvalue weighted by molar-refractivity contribution is 6.30. The largest absolute Gasteiger partial charge is 0.372 e. The Morgan fingerprint density at radius 1 is 1.38 bits per heavy atom. The Bertz CT molecular complexity index is 611. The summed E-state index contributed by atoms with van der Waals surface area (Å²) in [6, 6.07) is 5.13. The molecule has 110 valence electrons. The van der Waals surface area contributed by atoms with Crippen molar-refractivity contribution in [2.75, 3.05) is 18.0 Å². The van der Waals surface area contributed by atoms with Crippen LogP contribution in [0.15, 0.2) is 36.8 Å². The molecule has 1 aliphatic rings. The molecule has 6 heteroatoms. The van der Waals surface area contributed by atoms with E-state index in [1.807, 2.05) is 17.0 Å². The number of rotatable bonds is 4. The fraction of sp³-hybridized carbons (Fsp3) is 0.333. The van der Waals surface area contributed by atoms with E-state index in [-0.39, 0.29) is 6.10 Å². The first-order valence-electron chi connectivity index (χ1n) is 6.79. The van der Waals surface area contributed by atoms with Crippen LogP contribution >= 0.6 is 11.6 Å². The summed E-state index contributed by atoms with van der Waals surface area (Å²) in [7, 11) is 0. The van der Waals surface area contributed by atoms with E-state index in [1.54, 1.807) is 12.4 Å². The van der Waals surface area contributed by atoms with E-state index >= 15 is 0 Å². The van der Waals surface area contributed by atoms with Gasteiger partial charge in [-0.05, 0) is 30.2 Å². The average molecular weight is 308 g/mol. The number of ether oxygens (including phenoxy) is 1. The van der Waals surface area contributed by atoms with Crippen molar-refractivity contribution < 1.29 is 9.13 Å². The van der Waals surface area contributed by atoms with Gasteiger partial charge in [0.15, 0.2) is 11.6 Å². The quantitative estimate of drug-likeness (QED) is 0.870. The first-order valence-corrected chi connectivity index (χ1v) is 7.16. The monoisotopic (exact) mass is 307 g/mol. The molecule has 1 fully saturated rings. The molecule has 4 nitrogen and oxygen atoms in total. The summed E-state index contributed by atoms with van der Waals surface area (Å²) >= 11 is 5.72. The van der Waals surface area contributed by atoms with Gasteiger partial charge in [-0.1, -0.05) is 11.6 Å². The zero-order chi connectivity index (χ0) is 14.7. The van der Waals surface area contributed by atoms with Crippen LogP contribution in [0.5, 0.6) is 0 Å². The summed E-state index contributed by atoms with van der Waals surface area (Å²) in [6.45, 7) is 1.90. The third-order valence-electron chi connectivity index (χ3n) is 3.47. The first-order chi connectivity index (χ1) is 10.2. The average Bonchev–Trinajstić information content (AvgIpc) is 2.95. The Morgan fingerprint density at radius 2 is 2.19 bits per heavy atom. The number of hydrogen-bond donors (Lipinski definition) is 0. The molecule has 0 spiro atoms. The second kappa shape index (κ2) is 6.37. The van der Waals surface area contributed by atoms with Crippen LogP contribution in [-0.4, -0.2) is 29.2 Å². The lowest BCUT2D eigenvalue weighted by Crippen LogP contribution is -2.24. The molecule has 0 radical (unpaired) electrons. The van der Waals surface area contributed by atoms with Crippen molar-refractivity contribution >= 4 is 17.4 Å². The van der Waals surface area contributed by atoms with Crippen molar-refractivity contribution in [1.29, 1.82) is 0 Å². The molecule has 0 aromatic carbocycles. The third-order valence-corrected chi connectivity index (χ3v) is 3.67. The Kier molecular flexibility index (Phi) is 4.31. The van der Waals surface area contributed by atoms with Crippen LogP contribution in [-0.2, 0) is 11.3 Å². The van der Waals surface area contributed by atoms with E-state index in [0.717, 1.165) is 18.5 Å². The number of aromatic nitrogens is 2. The standard InChI is InChI=1S/C15H15ClFN3O/c16-12-7-14(17)15(19-8-12)20-6-3-13(9-20)21-10-11-1-4-18-5-2-11/h1-2,4-5,7-8,13H,3,6,9-10H2/t13-/m0/s1. The van der Waals surface area contributed by atoms with Gasteiger partial charge in [-0.2, -0.15) is 0 Å². The minimum atomic E-state index is -0.391. The van der Waals surface area contributed by atoms with E-state index in [4.69, 9.17) is 16.3 Å². The van der Waals surface area contributed by atoms with E-state index in [9.17, 15) is 4.39 Å². The topological polar surface area (TPSA) is 38.2 Å². The summed E-state index contributed by atoms with van der Waals surface area (Å²) < 4.78 is 19.7. The van der Waals surface area contributed by atoms with Gasteiger partial charge in [-0.3, -0.25) is 4.98 Å². The molecule has 21 heavy (non-hydrogen) atoms. The number of nitrogens with zero attached hydrogens (tertiary/aromatic N) is 3. The lowest BCUT2D eigenvalue weighted by atomic mass is 10.3. The molecule has 1 atom stereocenters. The summed E-state index contributed by atoms with van der Waals surface area (Å²) in [5.74, 6) is -0.0494. The normalized spacial score (nSPS) is 18.2. The van der Waals surface area contributed by atoms with Crippen LogP contribution in [0.2, 0.25) is 5.02 Å². The molecule has 0 bridgehead atoms. The Hall–Kier alpha value is -1.72. The zero-order valence-electron chi connectivity index (χ0n) is 11.4. The van der Waals surface area contributed by atoms with Crippen molar-refractivity contribution in [2.45, 2.75) is 19.1 Å². The fourth-order valence-corrected chi connectivity index (χ4v) is 2.53. The van der Waals surface area contributed by atoms with Crippen molar-refractivity contribution in [3.8, 4) is 0 Å². The van der Waals surface area contributed by atoms with Gasteiger partial charge in [0.2, 0.25) is 0 Å². The molecule has 0 saturated carbocycles. The maximum atomic E-state index is 13.8. The highest BCUT2D eigenvalue weighted by Gasteiger charge is 2.26. The van der Waals surface area contributed by atoms with Crippen molar-refractivity contribution in [1.82, 2.24) is 9.97 Å². The van der Waals surface area contributed by atoms with Gasteiger partial charge in [0, 0.05) is 31.7 Å². The van der Waals surface area contributed by atoms with Crippen LogP contribution in [0.25, 0.3) is 0 Å². The van der Waals surface area contributed by atoms with E-state index in [2.05, 4.69) is 9.97 Å². The molecular weight excluding hydrogens is 293 g/mol. The van der Waals surface area contributed by atoms with Crippen LogP contribution in [0.4, 0.5) is 10.2 Å². The molecule has 0 N–H and O–H groups in total. The first kappa shape index (κ1) is 14.2. The van der Waals surface area contributed by atoms with E-state index in [0.29, 0.717) is 24.0 Å². The maximum Gasteiger partial charge on any atom is 0.167 e. The van der Waals surface area contributed by atoms with Gasteiger partial charge in [0.1, 0.15) is 0 Å². The summed E-state index contributed by atoms with van der Waals surface area (Å²) in [6.07, 6.45) is 5.88. The summed E-state index contributed by atoms with van der Waals surface area (Å²) in [5.41, 5.74) is 1.08. The van der Waals surface area contributed by atoms with Crippen LogP contribution < -0.4 is 4.90 Å². The number of hydrogen-bond acceptors (Lipinski definition) is 4. The predicted molar refractivity (Wildman–Crippen MR) is 78.8 cm³/mol. The maximum absolute atomic E-state index is 13.8. The molecule has 3 rings (SSSR count). The molecule has 3 heterocycles. The van der Waals surface area contributed by atoms with Gasteiger partial charge >= 0.3 is 0 Å². The van der Waals surface area contributed by atoms with Crippen molar-refractivity contribution in [2.24, 2.45) is 0 Å². The third kappa shape index (κ3) is 3.49. The van der Waals surface area contributed by atoms with E-state index < -0.39 is 5.82 Å². The lowest BCUT2D eigenvalue weighted by molar-refractivity contribution is 0.0553. The molecule has 1 aliphatic heterocycles. The molecule has 0 aliphatic carbocycles. The zero-order valence-corrected chi connectivity index (χ0v) is 12.1.